The second-order valence-electron chi connectivity index (χ2n) is 6.37. The number of benzene rings is 1. The lowest BCUT2D eigenvalue weighted by molar-refractivity contribution is -0.105. The molecule has 0 unspecified atom stereocenters. The highest BCUT2D eigenvalue weighted by atomic mass is 16.5. The van der Waals surface area contributed by atoms with Crippen LogP contribution in [-0.4, -0.2) is 19.4 Å². The molecule has 2 heterocycles. The summed E-state index contributed by atoms with van der Waals surface area (Å²) in [6.07, 6.45) is 9.88. The van der Waals surface area contributed by atoms with Crippen LogP contribution in [0.1, 0.15) is 44.1 Å². The Labute approximate surface area is 131 Å². The van der Waals surface area contributed by atoms with Crippen LogP contribution >= 0.6 is 0 Å². The van der Waals surface area contributed by atoms with Crippen molar-refractivity contribution in [2.24, 2.45) is 0 Å². The first-order valence-electron chi connectivity index (χ1n) is 8.31. The molecular weight excluding hydrogens is 274 g/mol. The van der Waals surface area contributed by atoms with Crippen LogP contribution < -0.4 is 9.64 Å². The van der Waals surface area contributed by atoms with E-state index in [1.165, 1.54) is 30.5 Å². The average molecular weight is 295 g/mol. The third-order valence-electron chi connectivity index (χ3n) is 4.88. The van der Waals surface area contributed by atoms with E-state index in [2.05, 4.69) is 29.2 Å². The number of ether oxygens (including phenoxy) is 1. The smallest absolute Gasteiger partial charge is 0.149 e. The van der Waals surface area contributed by atoms with Crippen LogP contribution in [0.25, 0.3) is 6.08 Å². The monoisotopic (exact) mass is 295 g/mol. The maximum absolute atomic E-state index is 11.3. The van der Waals surface area contributed by atoms with Crippen molar-refractivity contribution in [3.05, 3.63) is 40.7 Å². The van der Waals surface area contributed by atoms with Gasteiger partial charge in [-0.3, -0.25) is 4.79 Å². The Hall–Kier alpha value is -2.03. The summed E-state index contributed by atoms with van der Waals surface area (Å²) in [7, 11) is 0. The van der Waals surface area contributed by atoms with Gasteiger partial charge in [0.2, 0.25) is 0 Å². The van der Waals surface area contributed by atoms with Gasteiger partial charge < -0.3 is 9.64 Å². The van der Waals surface area contributed by atoms with Crippen molar-refractivity contribution >= 4 is 18.0 Å². The van der Waals surface area contributed by atoms with Gasteiger partial charge in [-0.05, 0) is 62.3 Å². The Morgan fingerprint density at radius 3 is 2.73 bits per heavy atom. The van der Waals surface area contributed by atoms with Gasteiger partial charge in [0, 0.05) is 36.0 Å². The van der Waals surface area contributed by atoms with Gasteiger partial charge in [-0.15, -0.1) is 0 Å². The molecule has 1 fully saturated rings. The molecule has 22 heavy (non-hydrogen) atoms. The van der Waals surface area contributed by atoms with Crippen molar-refractivity contribution in [1.82, 2.24) is 0 Å². The number of piperidine rings is 1. The number of nitrogens with zero attached hydrogens (tertiary/aromatic N) is 1. The number of hydrogen-bond donors (Lipinski definition) is 0. The summed E-state index contributed by atoms with van der Waals surface area (Å²) in [5.41, 5.74) is 4.35. The molecule has 0 saturated carbocycles. The average Bonchev–Trinajstić information content (AvgIpc) is 2.59. The number of carbonyl (C=O) groups excluding carboxylic acids is 1. The van der Waals surface area contributed by atoms with E-state index in [4.69, 9.17) is 4.74 Å². The molecule has 0 atom stereocenters. The van der Waals surface area contributed by atoms with Gasteiger partial charge in [-0.1, -0.05) is 0 Å². The fourth-order valence-corrected chi connectivity index (χ4v) is 3.66. The molecule has 0 radical (unpaired) electrons. The minimum absolute atomic E-state index is 0.810. The Bertz CT molecular complexity index is 666. The molecule has 1 aromatic rings. The Kier molecular flexibility index (Phi) is 3.49. The Morgan fingerprint density at radius 2 is 1.91 bits per heavy atom. The van der Waals surface area contributed by atoms with Crippen LogP contribution in [0.5, 0.6) is 5.75 Å². The largest absolute Gasteiger partial charge is 0.456 e. The predicted octanol–water partition coefficient (Wildman–Crippen LogP) is 4.09. The maximum atomic E-state index is 11.3. The van der Waals surface area contributed by atoms with Crippen LogP contribution in [0.2, 0.25) is 0 Å². The molecule has 2 aliphatic heterocycles. The van der Waals surface area contributed by atoms with Gasteiger partial charge in [0.05, 0.1) is 0 Å². The number of aldehydes is 1. The third-order valence-corrected chi connectivity index (χ3v) is 4.88. The van der Waals surface area contributed by atoms with E-state index in [-0.39, 0.29) is 0 Å². The van der Waals surface area contributed by atoms with Crippen molar-refractivity contribution in [3.8, 4) is 5.75 Å². The number of rotatable bonds is 2. The molecule has 4 rings (SSSR count). The second-order valence-corrected chi connectivity index (χ2v) is 6.37. The summed E-state index contributed by atoms with van der Waals surface area (Å²) in [6, 6.07) is 6.49. The fourth-order valence-electron chi connectivity index (χ4n) is 3.66. The minimum Gasteiger partial charge on any atom is -0.456 e. The van der Waals surface area contributed by atoms with Gasteiger partial charge in [-0.2, -0.15) is 0 Å². The standard InChI is InChI=1S/C19H21NO2/c21-13-16-6-4-5-15-11-14-7-8-17(12-18(14)22-19(15)16)20-9-2-1-3-10-20/h7-8,11-13H,1-6,9-10H2. The van der Waals surface area contributed by atoms with E-state index in [1.807, 2.05) is 0 Å². The van der Waals surface area contributed by atoms with Gasteiger partial charge >= 0.3 is 0 Å². The highest BCUT2D eigenvalue weighted by molar-refractivity contribution is 5.80. The molecule has 3 nitrogen and oxygen atoms in total. The summed E-state index contributed by atoms with van der Waals surface area (Å²) in [5, 5.41) is 0. The minimum atomic E-state index is 0.810. The molecule has 0 N–H and O–H groups in total. The molecule has 3 aliphatic rings. The van der Waals surface area contributed by atoms with Crippen molar-refractivity contribution in [1.29, 1.82) is 0 Å². The molecule has 1 aromatic carbocycles. The topological polar surface area (TPSA) is 29.5 Å². The number of hydrogen-bond acceptors (Lipinski definition) is 3. The summed E-state index contributed by atoms with van der Waals surface area (Å²) >= 11 is 0. The van der Waals surface area contributed by atoms with Gasteiger partial charge in [-0.25, -0.2) is 0 Å². The lowest BCUT2D eigenvalue weighted by atomic mass is 9.90. The van der Waals surface area contributed by atoms with Crippen LogP contribution in [0.15, 0.2) is 35.1 Å². The molecule has 0 aromatic heterocycles. The Balaban J connectivity index is 1.70. The molecule has 0 spiro atoms. The van der Waals surface area contributed by atoms with E-state index >= 15 is 0 Å². The maximum Gasteiger partial charge on any atom is 0.149 e. The molecule has 0 amide bonds. The summed E-state index contributed by atoms with van der Waals surface area (Å²) < 4.78 is 6.12. The van der Waals surface area contributed by atoms with Gasteiger partial charge in [0.15, 0.2) is 0 Å². The first-order chi connectivity index (χ1) is 10.8. The van der Waals surface area contributed by atoms with Crippen molar-refractivity contribution in [2.45, 2.75) is 38.5 Å². The van der Waals surface area contributed by atoms with E-state index < -0.39 is 0 Å². The molecule has 1 saturated heterocycles. The first-order valence-corrected chi connectivity index (χ1v) is 8.31. The molecule has 114 valence electrons. The van der Waals surface area contributed by atoms with Crippen molar-refractivity contribution in [2.75, 3.05) is 18.0 Å². The van der Waals surface area contributed by atoms with Crippen molar-refractivity contribution < 1.29 is 9.53 Å². The molecule has 0 bridgehead atoms. The number of carbonyl (C=O) groups is 1. The number of anilines is 1. The quantitative estimate of drug-likeness (QED) is 0.770. The van der Waals surface area contributed by atoms with Gasteiger partial charge in [0.25, 0.3) is 0 Å². The summed E-state index contributed by atoms with van der Waals surface area (Å²) in [6.45, 7) is 2.25. The molecule has 1 aliphatic carbocycles. The molecular formula is C19H21NO2. The zero-order valence-electron chi connectivity index (χ0n) is 12.8. The highest BCUT2D eigenvalue weighted by Gasteiger charge is 2.24. The van der Waals surface area contributed by atoms with Crippen LogP contribution in [0, 0.1) is 0 Å². The Morgan fingerprint density at radius 1 is 1.05 bits per heavy atom. The third kappa shape index (κ3) is 2.35. The highest BCUT2D eigenvalue weighted by Crippen LogP contribution is 2.40. The zero-order valence-corrected chi connectivity index (χ0v) is 12.8. The van der Waals surface area contributed by atoms with Crippen LogP contribution in [0.3, 0.4) is 0 Å². The second kappa shape index (κ2) is 5.64. The van der Waals surface area contributed by atoms with Gasteiger partial charge in [0.1, 0.15) is 17.8 Å². The molecule has 3 heteroatoms. The lowest BCUT2D eigenvalue weighted by Crippen LogP contribution is -2.29. The van der Waals surface area contributed by atoms with Crippen LogP contribution in [-0.2, 0) is 4.79 Å². The van der Waals surface area contributed by atoms with E-state index in [0.29, 0.717) is 0 Å². The fraction of sp³-hybridized carbons (Fsp3) is 0.421. The first kappa shape index (κ1) is 13.6. The number of fused-ring (bicyclic) bond motifs is 2. The predicted molar refractivity (Wildman–Crippen MR) is 88.1 cm³/mol. The lowest BCUT2D eigenvalue weighted by Gasteiger charge is -2.31. The van der Waals surface area contributed by atoms with E-state index in [0.717, 1.165) is 61.3 Å². The van der Waals surface area contributed by atoms with E-state index in [1.54, 1.807) is 0 Å². The van der Waals surface area contributed by atoms with E-state index in [9.17, 15) is 4.79 Å². The zero-order chi connectivity index (χ0) is 14.9. The van der Waals surface area contributed by atoms with Crippen LogP contribution in [0.4, 0.5) is 5.69 Å². The number of allylic oxidation sites excluding steroid dienone is 2. The SMILES string of the molecule is O=CC1=C2Oc3cc(N4CCCCC4)ccc3C=C2CCC1. The summed E-state index contributed by atoms with van der Waals surface area (Å²) in [4.78, 5) is 13.7. The normalized spacial score (nSPS) is 20.7. The summed E-state index contributed by atoms with van der Waals surface area (Å²) in [5.74, 6) is 1.70. The van der Waals surface area contributed by atoms with Crippen molar-refractivity contribution in [3.63, 3.8) is 0 Å².